The summed E-state index contributed by atoms with van der Waals surface area (Å²) in [5, 5.41) is 4.80. The third kappa shape index (κ3) is 4.65. The normalized spacial score (nSPS) is 11.9. The second-order valence-electron chi connectivity index (χ2n) is 6.54. The summed E-state index contributed by atoms with van der Waals surface area (Å²) in [4.78, 5) is 6.23. The second kappa shape index (κ2) is 6.71. The van der Waals surface area contributed by atoms with Gasteiger partial charge >= 0.3 is 0 Å². The first-order valence-electron chi connectivity index (χ1n) is 7.66. The standard InChI is InChI=1S/C18H26N2S/c1-6-15-16(12-19-18(3,4)5)21-17(20-15)11-14-10-8-7-9-13(14)2/h7-10,19H,6,11-12H2,1-5H3. The topological polar surface area (TPSA) is 24.9 Å². The van der Waals surface area contributed by atoms with E-state index in [1.165, 1.54) is 26.7 Å². The maximum Gasteiger partial charge on any atom is 0.0975 e. The molecular formula is C18H26N2S. The van der Waals surface area contributed by atoms with E-state index in [0.717, 1.165) is 19.4 Å². The second-order valence-corrected chi connectivity index (χ2v) is 7.71. The Kier molecular flexibility index (Phi) is 5.17. The van der Waals surface area contributed by atoms with Gasteiger partial charge in [0.1, 0.15) is 0 Å². The number of aryl methyl sites for hydroxylation is 2. The molecule has 0 saturated heterocycles. The molecule has 0 saturated carbocycles. The molecule has 1 N–H and O–H groups in total. The zero-order valence-corrected chi connectivity index (χ0v) is 14.6. The third-order valence-corrected chi connectivity index (χ3v) is 4.64. The van der Waals surface area contributed by atoms with E-state index in [9.17, 15) is 0 Å². The lowest BCUT2D eigenvalue weighted by molar-refractivity contribution is 0.425. The summed E-state index contributed by atoms with van der Waals surface area (Å²) >= 11 is 1.85. The molecule has 0 aliphatic carbocycles. The molecule has 0 aliphatic rings. The molecule has 0 atom stereocenters. The number of hydrogen-bond acceptors (Lipinski definition) is 3. The highest BCUT2D eigenvalue weighted by atomic mass is 32.1. The monoisotopic (exact) mass is 302 g/mol. The van der Waals surface area contributed by atoms with Crippen LogP contribution in [0.15, 0.2) is 24.3 Å². The quantitative estimate of drug-likeness (QED) is 0.880. The van der Waals surface area contributed by atoms with Gasteiger partial charge in [0, 0.05) is 23.4 Å². The number of nitrogens with one attached hydrogen (secondary N) is 1. The molecule has 21 heavy (non-hydrogen) atoms. The van der Waals surface area contributed by atoms with Crippen molar-refractivity contribution in [1.29, 1.82) is 0 Å². The highest BCUT2D eigenvalue weighted by Crippen LogP contribution is 2.23. The van der Waals surface area contributed by atoms with E-state index in [1.54, 1.807) is 0 Å². The number of thiazole rings is 1. The van der Waals surface area contributed by atoms with E-state index in [1.807, 2.05) is 11.3 Å². The summed E-state index contributed by atoms with van der Waals surface area (Å²) in [6, 6.07) is 8.58. The minimum absolute atomic E-state index is 0.144. The Labute approximate surface area is 132 Å². The zero-order chi connectivity index (χ0) is 15.5. The lowest BCUT2D eigenvalue weighted by Crippen LogP contribution is -2.35. The van der Waals surface area contributed by atoms with Crippen molar-refractivity contribution in [3.8, 4) is 0 Å². The fourth-order valence-corrected chi connectivity index (χ4v) is 3.36. The average molecular weight is 302 g/mol. The SMILES string of the molecule is CCc1nc(Cc2ccccc2C)sc1CNC(C)(C)C. The summed E-state index contributed by atoms with van der Waals surface area (Å²) in [7, 11) is 0. The van der Waals surface area contributed by atoms with Gasteiger partial charge in [-0.25, -0.2) is 4.98 Å². The Balaban J connectivity index is 2.15. The summed E-state index contributed by atoms with van der Waals surface area (Å²) < 4.78 is 0. The Bertz CT molecular complexity index is 594. The van der Waals surface area contributed by atoms with Gasteiger partial charge in [0.25, 0.3) is 0 Å². The predicted octanol–water partition coefficient (Wildman–Crippen LogP) is 4.49. The first-order valence-corrected chi connectivity index (χ1v) is 8.47. The van der Waals surface area contributed by atoms with Crippen molar-refractivity contribution in [3.63, 3.8) is 0 Å². The maximum absolute atomic E-state index is 4.84. The largest absolute Gasteiger partial charge is 0.307 e. The minimum atomic E-state index is 0.144. The van der Waals surface area contributed by atoms with Crippen molar-refractivity contribution in [2.24, 2.45) is 0 Å². The van der Waals surface area contributed by atoms with E-state index in [0.29, 0.717) is 0 Å². The van der Waals surface area contributed by atoms with Crippen LogP contribution < -0.4 is 5.32 Å². The van der Waals surface area contributed by atoms with E-state index in [-0.39, 0.29) is 5.54 Å². The van der Waals surface area contributed by atoms with Gasteiger partial charge in [0.2, 0.25) is 0 Å². The molecule has 0 amide bonds. The van der Waals surface area contributed by atoms with Gasteiger partial charge in [0.15, 0.2) is 0 Å². The van der Waals surface area contributed by atoms with Crippen molar-refractivity contribution >= 4 is 11.3 Å². The molecule has 0 bridgehead atoms. The predicted molar refractivity (Wildman–Crippen MR) is 92.1 cm³/mol. The van der Waals surface area contributed by atoms with Crippen molar-refractivity contribution in [3.05, 3.63) is 51.0 Å². The van der Waals surface area contributed by atoms with Crippen LogP contribution in [0.25, 0.3) is 0 Å². The molecule has 0 radical (unpaired) electrons. The van der Waals surface area contributed by atoms with E-state index in [2.05, 4.69) is 64.2 Å². The summed E-state index contributed by atoms with van der Waals surface area (Å²) in [5.41, 5.74) is 4.12. The van der Waals surface area contributed by atoms with E-state index in [4.69, 9.17) is 4.98 Å². The van der Waals surface area contributed by atoms with Crippen LogP contribution in [0.4, 0.5) is 0 Å². The fourth-order valence-electron chi connectivity index (χ4n) is 2.24. The maximum atomic E-state index is 4.84. The zero-order valence-electron chi connectivity index (χ0n) is 13.8. The van der Waals surface area contributed by atoms with Crippen molar-refractivity contribution in [2.45, 2.75) is 59.5 Å². The number of nitrogens with zero attached hydrogens (tertiary/aromatic N) is 1. The molecule has 114 valence electrons. The van der Waals surface area contributed by atoms with Gasteiger partial charge in [-0.1, -0.05) is 31.2 Å². The Hall–Kier alpha value is -1.19. The molecule has 0 unspecified atom stereocenters. The van der Waals surface area contributed by atoms with Gasteiger partial charge in [-0.3, -0.25) is 0 Å². The van der Waals surface area contributed by atoms with Gasteiger partial charge in [0.05, 0.1) is 10.7 Å². The number of hydrogen-bond donors (Lipinski definition) is 1. The summed E-state index contributed by atoms with van der Waals surface area (Å²) in [6.07, 6.45) is 1.95. The molecule has 0 fully saturated rings. The van der Waals surface area contributed by atoms with Crippen LogP contribution in [0, 0.1) is 6.92 Å². The molecule has 1 aromatic carbocycles. The van der Waals surface area contributed by atoms with Crippen LogP contribution >= 0.6 is 11.3 Å². The first-order chi connectivity index (χ1) is 9.89. The van der Waals surface area contributed by atoms with Crippen molar-refractivity contribution in [2.75, 3.05) is 0 Å². The lowest BCUT2D eigenvalue weighted by atomic mass is 10.1. The third-order valence-electron chi connectivity index (χ3n) is 3.54. The van der Waals surface area contributed by atoms with Gasteiger partial charge in [-0.2, -0.15) is 0 Å². The number of aromatic nitrogens is 1. The summed E-state index contributed by atoms with van der Waals surface area (Å²) in [5.74, 6) is 0. The molecule has 1 heterocycles. The molecule has 2 aromatic rings. The molecule has 0 spiro atoms. The van der Waals surface area contributed by atoms with Gasteiger partial charge in [-0.05, 0) is 45.2 Å². The highest BCUT2D eigenvalue weighted by molar-refractivity contribution is 7.11. The average Bonchev–Trinajstić information content (AvgIpc) is 2.80. The summed E-state index contributed by atoms with van der Waals surface area (Å²) in [6.45, 7) is 11.9. The number of rotatable bonds is 5. The molecule has 3 heteroatoms. The first kappa shape index (κ1) is 16.2. The van der Waals surface area contributed by atoms with Crippen LogP contribution in [-0.4, -0.2) is 10.5 Å². The fraction of sp³-hybridized carbons (Fsp3) is 0.500. The molecular weight excluding hydrogens is 276 g/mol. The van der Waals surface area contributed by atoms with Crippen LogP contribution in [-0.2, 0) is 19.4 Å². The van der Waals surface area contributed by atoms with Crippen molar-refractivity contribution < 1.29 is 0 Å². The lowest BCUT2D eigenvalue weighted by Gasteiger charge is -2.20. The molecule has 2 rings (SSSR count). The minimum Gasteiger partial charge on any atom is -0.307 e. The van der Waals surface area contributed by atoms with Gasteiger partial charge in [-0.15, -0.1) is 11.3 Å². The number of benzene rings is 1. The van der Waals surface area contributed by atoms with Crippen LogP contribution in [0.3, 0.4) is 0 Å². The molecule has 2 nitrogen and oxygen atoms in total. The van der Waals surface area contributed by atoms with E-state index >= 15 is 0 Å². The van der Waals surface area contributed by atoms with Crippen LogP contribution in [0.5, 0.6) is 0 Å². The Morgan fingerprint density at radius 3 is 2.52 bits per heavy atom. The van der Waals surface area contributed by atoms with Gasteiger partial charge < -0.3 is 5.32 Å². The molecule has 1 aromatic heterocycles. The van der Waals surface area contributed by atoms with Crippen LogP contribution in [0.2, 0.25) is 0 Å². The van der Waals surface area contributed by atoms with Crippen LogP contribution in [0.1, 0.15) is 54.4 Å². The smallest absolute Gasteiger partial charge is 0.0975 e. The Morgan fingerprint density at radius 2 is 1.90 bits per heavy atom. The highest BCUT2D eigenvalue weighted by Gasteiger charge is 2.14. The molecule has 0 aliphatic heterocycles. The van der Waals surface area contributed by atoms with E-state index < -0.39 is 0 Å². The van der Waals surface area contributed by atoms with Crippen molar-refractivity contribution in [1.82, 2.24) is 10.3 Å². The Morgan fingerprint density at radius 1 is 1.19 bits per heavy atom.